The minimum atomic E-state index is -1.03. The summed E-state index contributed by atoms with van der Waals surface area (Å²) in [4.78, 5) is 23.3. The molecule has 0 saturated heterocycles. The second kappa shape index (κ2) is 6.36. The number of nitrogens with one attached hydrogen (secondary N) is 1. The lowest BCUT2D eigenvalue weighted by Crippen LogP contribution is -2.13. The van der Waals surface area contributed by atoms with Gasteiger partial charge in [-0.1, -0.05) is 0 Å². The number of hydrogen-bond acceptors (Lipinski definition) is 4. The molecule has 0 bridgehead atoms. The molecule has 0 aliphatic heterocycles. The van der Waals surface area contributed by atoms with Crippen molar-refractivity contribution in [3.05, 3.63) is 16.5 Å². The number of hydrogen-bond donors (Lipinski definition) is 2. The van der Waals surface area contributed by atoms with E-state index < -0.39 is 5.97 Å². The highest BCUT2D eigenvalue weighted by Crippen LogP contribution is 2.27. The van der Waals surface area contributed by atoms with Gasteiger partial charge in [0.1, 0.15) is 5.00 Å². The molecule has 0 spiro atoms. The van der Waals surface area contributed by atoms with Gasteiger partial charge in [0.25, 0.3) is 0 Å². The van der Waals surface area contributed by atoms with Gasteiger partial charge in [-0.25, -0.2) is 4.79 Å². The number of rotatable bonds is 6. The van der Waals surface area contributed by atoms with Crippen molar-refractivity contribution in [1.29, 1.82) is 0 Å². The molecule has 0 saturated carbocycles. The van der Waals surface area contributed by atoms with Crippen molar-refractivity contribution in [2.24, 2.45) is 0 Å². The Balaban J connectivity index is 2.61. The summed E-state index contributed by atoms with van der Waals surface area (Å²) in [5, 5.41) is 12.0. The van der Waals surface area contributed by atoms with E-state index in [-0.39, 0.29) is 11.5 Å². The molecule has 17 heavy (non-hydrogen) atoms. The van der Waals surface area contributed by atoms with Gasteiger partial charge >= 0.3 is 5.97 Å². The smallest absolute Gasteiger partial charge is 0.338 e. The summed E-state index contributed by atoms with van der Waals surface area (Å²) in [5.74, 6) is -1.21. The largest absolute Gasteiger partial charge is 0.478 e. The molecule has 1 aromatic rings. The third kappa shape index (κ3) is 4.16. The van der Waals surface area contributed by atoms with Crippen LogP contribution in [0.5, 0.6) is 0 Å². The van der Waals surface area contributed by atoms with E-state index in [1.165, 1.54) is 11.3 Å². The van der Waals surface area contributed by atoms with Crippen molar-refractivity contribution in [3.8, 4) is 0 Å². The maximum Gasteiger partial charge on any atom is 0.338 e. The molecule has 1 aromatic heterocycles. The maximum atomic E-state index is 11.5. The Hall–Kier alpha value is -1.40. The Morgan fingerprint density at radius 1 is 1.53 bits per heavy atom. The number of carboxylic acids is 1. The van der Waals surface area contributed by atoms with Crippen LogP contribution in [-0.4, -0.2) is 30.7 Å². The summed E-state index contributed by atoms with van der Waals surface area (Å²) in [6, 6.07) is 1.55. The van der Waals surface area contributed by atoms with Crippen LogP contribution in [0.25, 0.3) is 0 Å². The van der Waals surface area contributed by atoms with E-state index in [0.717, 1.165) is 4.88 Å². The van der Waals surface area contributed by atoms with Gasteiger partial charge in [-0.3, -0.25) is 4.79 Å². The Morgan fingerprint density at radius 3 is 2.82 bits per heavy atom. The van der Waals surface area contributed by atoms with E-state index >= 15 is 0 Å². The molecule has 0 aliphatic carbocycles. The van der Waals surface area contributed by atoms with Crippen molar-refractivity contribution in [1.82, 2.24) is 0 Å². The molecule has 1 rings (SSSR count). The molecule has 0 atom stereocenters. The topological polar surface area (TPSA) is 75.6 Å². The summed E-state index contributed by atoms with van der Waals surface area (Å²) in [5.41, 5.74) is 0.146. The lowest BCUT2D eigenvalue weighted by Gasteiger charge is -2.03. The fourth-order valence-corrected chi connectivity index (χ4v) is 2.25. The molecule has 1 amide bonds. The second-order valence-electron chi connectivity index (χ2n) is 3.55. The third-order valence-electron chi connectivity index (χ3n) is 2.09. The minimum absolute atomic E-state index is 0.146. The number of aryl methyl sites for hydroxylation is 1. The van der Waals surface area contributed by atoms with Crippen molar-refractivity contribution in [3.63, 3.8) is 0 Å². The molecule has 6 heteroatoms. The quantitative estimate of drug-likeness (QED) is 0.765. The van der Waals surface area contributed by atoms with Gasteiger partial charge in [-0.05, 0) is 19.4 Å². The number of carbonyl (C=O) groups excluding carboxylic acids is 1. The van der Waals surface area contributed by atoms with Crippen molar-refractivity contribution in [2.45, 2.75) is 19.8 Å². The Labute approximate surface area is 103 Å². The van der Waals surface area contributed by atoms with Crippen LogP contribution in [0.2, 0.25) is 0 Å². The molecule has 0 aliphatic rings. The van der Waals surface area contributed by atoms with E-state index in [4.69, 9.17) is 9.84 Å². The normalized spacial score (nSPS) is 10.2. The molecule has 2 N–H and O–H groups in total. The first-order valence-electron chi connectivity index (χ1n) is 5.17. The zero-order valence-electron chi connectivity index (χ0n) is 9.78. The number of anilines is 1. The van der Waals surface area contributed by atoms with Gasteiger partial charge < -0.3 is 15.2 Å². The van der Waals surface area contributed by atoms with Crippen molar-refractivity contribution >= 4 is 28.2 Å². The van der Waals surface area contributed by atoms with Gasteiger partial charge in [0.2, 0.25) is 5.91 Å². The van der Waals surface area contributed by atoms with Crippen LogP contribution in [0.15, 0.2) is 6.07 Å². The number of methoxy groups -OCH3 is 1. The highest BCUT2D eigenvalue weighted by molar-refractivity contribution is 7.16. The highest BCUT2D eigenvalue weighted by Gasteiger charge is 2.15. The monoisotopic (exact) mass is 257 g/mol. The van der Waals surface area contributed by atoms with Crippen LogP contribution in [-0.2, 0) is 9.53 Å². The summed E-state index contributed by atoms with van der Waals surface area (Å²) in [7, 11) is 1.57. The number of amides is 1. The van der Waals surface area contributed by atoms with Crippen LogP contribution in [0.3, 0.4) is 0 Å². The Morgan fingerprint density at radius 2 is 2.24 bits per heavy atom. The number of carboxylic acid groups (broad SMARTS) is 1. The molecule has 1 heterocycles. The molecular formula is C11H15NO4S. The number of thiophene rings is 1. The first-order valence-corrected chi connectivity index (χ1v) is 5.98. The lowest BCUT2D eigenvalue weighted by molar-refractivity contribution is -0.116. The van der Waals surface area contributed by atoms with E-state index in [1.54, 1.807) is 20.1 Å². The van der Waals surface area contributed by atoms with Gasteiger partial charge in [-0.2, -0.15) is 0 Å². The van der Waals surface area contributed by atoms with Crippen LogP contribution in [0, 0.1) is 6.92 Å². The van der Waals surface area contributed by atoms with Crippen molar-refractivity contribution < 1.29 is 19.4 Å². The zero-order chi connectivity index (χ0) is 12.8. The maximum absolute atomic E-state index is 11.5. The van der Waals surface area contributed by atoms with E-state index in [2.05, 4.69) is 5.32 Å². The zero-order valence-corrected chi connectivity index (χ0v) is 10.6. The lowest BCUT2D eigenvalue weighted by atomic mass is 10.2. The Bertz CT molecular complexity index is 414. The molecule has 0 aromatic carbocycles. The van der Waals surface area contributed by atoms with E-state index in [9.17, 15) is 9.59 Å². The summed E-state index contributed by atoms with van der Waals surface area (Å²) in [6.45, 7) is 2.32. The standard InChI is InChI=1S/C11H15NO4S/c1-7-6-8(11(14)15)10(17-7)12-9(13)4-3-5-16-2/h6H,3-5H2,1-2H3,(H,12,13)(H,14,15). The first kappa shape index (κ1) is 13.7. The van der Waals surface area contributed by atoms with Crippen LogP contribution in [0.1, 0.15) is 28.1 Å². The molecule has 0 fully saturated rings. The predicted octanol–water partition coefficient (Wildman–Crippen LogP) is 2.12. The SMILES string of the molecule is COCCCC(=O)Nc1sc(C)cc1C(=O)O. The van der Waals surface area contributed by atoms with Gasteiger partial charge in [-0.15, -0.1) is 11.3 Å². The summed E-state index contributed by atoms with van der Waals surface area (Å²) >= 11 is 1.27. The van der Waals surface area contributed by atoms with Crippen LogP contribution < -0.4 is 5.32 Å². The van der Waals surface area contributed by atoms with Gasteiger partial charge in [0.05, 0.1) is 5.56 Å². The van der Waals surface area contributed by atoms with E-state index in [0.29, 0.717) is 24.4 Å². The van der Waals surface area contributed by atoms with Gasteiger partial charge in [0.15, 0.2) is 0 Å². The average molecular weight is 257 g/mol. The average Bonchev–Trinajstić information content (AvgIpc) is 2.60. The number of aromatic carboxylic acids is 1. The highest BCUT2D eigenvalue weighted by atomic mass is 32.1. The fourth-order valence-electron chi connectivity index (χ4n) is 1.33. The predicted molar refractivity (Wildman–Crippen MR) is 65.8 cm³/mol. The number of carbonyl (C=O) groups is 2. The van der Waals surface area contributed by atoms with Crippen molar-refractivity contribution in [2.75, 3.05) is 19.0 Å². The minimum Gasteiger partial charge on any atom is -0.478 e. The summed E-state index contributed by atoms with van der Waals surface area (Å²) < 4.78 is 4.84. The molecule has 0 unspecified atom stereocenters. The summed E-state index contributed by atoms with van der Waals surface area (Å²) in [6.07, 6.45) is 0.943. The Kier molecular flexibility index (Phi) is 5.11. The van der Waals surface area contributed by atoms with Crippen LogP contribution >= 0.6 is 11.3 Å². The molecular weight excluding hydrogens is 242 g/mol. The number of ether oxygens (including phenoxy) is 1. The van der Waals surface area contributed by atoms with Crippen LogP contribution in [0.4, 0.5) is 5.00 Å². The third-order valence-corrected chi connectivity index (χ3v) is 3.06. The first-order chi connectivity index (χ1) is 8.04. The second-order valence-corrected chi connectivity index (χ2v) is 4.81. The molecule has 94 valence electrons. The molecule has 5 nitrogen and oxygen atoms in total. The molecule has 0 radical (unpaired) electrons. The van der Waals surface area contributed by atoms with Gasteiger partial charge in [0, 0.05) is 25.0 Å². The fraction of sp³-hybridized carbons (Fsp3) is 0.455. The van der Waals surface area contributed by atoms with E-state index in [1.807, 2.05) is 0 Å².